The van der Waals surface area contributed by atoms with Crippen LogP contribution in [-0.2, 0) is 0 Å². The zero-order valence-electron chi connectivity index (χ0n) is 12.1. The summed E-state index contributed by atoms with van der Waals surface area (Å²) >= 11 is 0. The van der Waals surface area contributed by atoms with Crippen molar-refractivity contribution >= 4 is 5.69 Å². The van der Waals surface area contributed by atoms with Gasteiger partial charge in [-0.25, -0.2) is 0 Å². The Labute approximate surface area is 121 Å². The Morgan fingerprint density at radius 1 is 1.38 bits per heavy atom. The summed E-state index contributed by atoms with van der Waals surface area (Å²) < 4.78 is 7.23. The van der Waals surface area contributed by atoms with Gasteiger partial charge in [-0.1, -0.05) is 6.07 Å². The average Bonchev–Trinajstić information content (AvgIpc) is 2.87. The predicted octanol–water partition coefficient (Wildman–Crippen LogP) is 3.22. The third-order valence-electron chi connectivity index (χ3n) is 3.00. The number of benzene rings is 1. The van der Waals surface area contributed by atoms with Crippen molar-refractivity contribution in [3.8, 4) is 11.5 Å². The van der Waals surface area contributed by atoms with Crippen molar-refractivity contribution in [3.05, 3.63) is 46.3 Å². The molecule has 0 bridgehead atoms. The number of aromatic nitrogens is 2. The molecule has 0 aliphatic carbocycles. The molecule has 0 saturated heterocycles. The lowest BCUT2D eigenvalue weighted by molar-refractivity contribution is -0.385. The highest BCUT2D eigenvalue weighted by Crippen LogP contribution is 2.33. The van der Waals surface area contributed by atoms with E-state index in [-0.39, 0.29) is 17.5 Å². The molecule has 7 heteroatoms. The van der Waals surface area contributed by atoms with Gasteiger partial charge in [-0.15, -0.1) is 0 Å². The van der Waals surface area contributed by atoms with Crippen molar-refractivity contribution in [2.75, 3.05) is 0 Å². The molecule has 0 fully saturated rings. The van der Waals surface area contributed by atoms with Gasteiger partial charge < -0.3 is 9.84 Å². The van der Waals surface area contributed by atoms with Crippen molar-refractivity contribution in [2.24, 2.45) is 0 Å². The second-order valence-corrected chi connectivity index (χ2v) is 5.01. The molecule has 1 heterocycles. The molecule has 2 rings (SSSR count). The number of rotatable bonds is 5. The van der Waals surface area contributed by atoms with Crippen LogP contribution in [0.4, 0.5) is 5.69 Å². The zero-order valence-corrected chi connectivity index (χ0v) is 12.1. The summed E-state index contributed by atoms with van der Waals surface area (Å²) in [7, 11) is 0. The highest BCUT2D eigenvalue weighted by Gasteiger charge is 2.19. The first kappa shape index (κ1) is 15.0. The minimum absolute atomic E-state index is 0.118. The fourth-order valence-corrected chi connectivity index (χ4v) is 1.81. The van der Waals surface area contributed by atoms with Gasteiger partial charge in [0.25, 0.3) is 0 Å². The third kappa shape index (κ3) is 3.38. The minimum Gasteiger partial charge on any atom is -0.447 e. The largest absolute Gasteiger partial charge is 0.447 e. The first-order chi connectivity index (χ1) is 9.88. The van der Waals surface area contributed by atoms with Gasteiger partial charge in [0, 0.05) is 12.1 Å². The molecule has 7 nitrogen and oxygen atoms in total. The van der Waals surface area contributed by atoms with Crippen molar-refractivity contribution in [2.45, 2.75) is 32.9 Å². The SMILES string of the molecule is CC(O)c1ccc(Oc2cnn(C(C)C)c2)c([N+](=O)[O-])c1. The van der Waals surface area contributed by atoms with Gasteiger partial charge in [-0.3, -0.25) is 14.8 Å². The first-order valence-corrected chi connectivity index (χ1v) is 6.57. The molecule has 112 valence electrons. The van der Waals surface area contributed by atoms with E-state index in [2.05, 4.69) is 5.10 Å². The second kappa shape index (κ2) is 5.92. The Morgan fingerprint density at radius 2 is 2.10 bits per heavy atom. The van der Waals surface area contributed by atoms with Gasteiger partial charge in [0.2, 0.25) is 5.75 Å². The van der Waals surface area contributed by atoms with Crippen LogP contribution in [0, 0.1) is 10.1 Å². The lowest BCUT2D eigenvalue weighted by Gasteiger charge is -2.08. The van der Waals surface area contributed by atoms with E-state index in [1.165, 1.54) is 18.3 Å². The number of hydrogen-bond acceptors (Lipinski definition) is 5. The minimum atomic E-state index is -0.776. The quantitative estimate of drug-likeness (QED) is 0.674. The van der Waals surface area contributed by atoms with Gasteiger partial charge >= 0.3 is 5.69 Å². The van der Waals surface area contributed by atoms with Gasteiger partial charge in [0.05, 0.1) is 23.4 Å². The normalized spacial score (nSPS) is 12.4. The summed E-state index contributed by atoms with van der Waals surface area (Å²) in [6.07, 6.45) is 2.41. The molecule has 0 saturated carbocycles. The van der Waals surface area contributed by atoms with Crippen LogP contribution in [0.5, 0.6) is 11.5 Å². The number of hydrogen-bond donors (Lipinski definition) is 1. The number of nitrogens with zero attached hydrogens (tertiary/aromatic N) is 3. The van der Waals surface area contributed by atoms with E-state index in [0.29, 0.717) is 11.3 Å². The Kier molecular flexibility index (Phi) is 4.23. The summed E-state index contributed by atoms with van der Waals surface area (Å²) in [4.78, 5) is 10.6. The maximum atomic E-state index is 11.1. The number of aliphatic hydroxyl groups is 1. The average molecular weight is 291 g/mol. The fourth-order valence-electron chi connectivity index (χ4n) is 1.81. The van der Waals surface area contributed by atoms with Crippen molar-refractivity contribution < 1.29 is 14.8 Å². The molecule has 21 heavy (non-hydrogen) atoms. The van der Waals surface area contributed by atoms with Crippen LogP contribution in [0.25, 0.3) is 0 Å². The monoisotopic (exact) mass is 291 g/mol. The molecular weight excluding hydrogens is 274 g/mol. The van der Waals surface area contributed by atoms with Crippen LogP contribution in [-0.4, -0.2) is 19.8 Å². The lowest BCUT2D eigenvalue weighted by atomic mass is 10.1. The molecule has 2 aromatic rings. The molecule has 0 spiro atoms. The Bertz CT molecular complexity index is 649. The van der Waals surface area contributed by atoms with E-state index in [4.69, 9.17) is 4.74 Å². The Hall–Kier alpha value is -2.41. The molecule has 1 N–H and O–H groups in total. The number of nitro groups is 1. The fraction of sp³-hybridized carbons (Fsp3) is 0.357. The van der Waals surface area contributed by atoms with E-state index >= 15 is 0 Å². The molecule has 1 atom stereocenters. The Balaban J connectivity index is 2.32. The number of ether oxygens (including phenoxy) is 1. The second-order valence-electron chi connectivity index (χ2n) is 5.01. The van der Waals surface area contributed by atoms with Crippen LogP contribution in [0.15, 0.2) is 30.6 Å². The standard InChI is InChI=1S/C14H17N3O4/c1-9(2)16-8-12(7-15-16)21-14-5-4-11(10(3)18)6-13(14)17(19)20/h4-10,18H,1-3H3. The summed E-state index contributed by atoms with van der Waals surface area (Å²) in [6, 6.07) is 4.56. The summed E-state index contributed by atoms with van der Waals surface area (Å²) in [5.41, 5.74) is 0.276. The van der Waals surface area contributed by atoms with Crippen molar-refractivity contribution in [3.63, 3.8) is 0 Å². The molecule has 0 amide bonds. The first-order valence-electron chi connectivity index (χ1n) is 6.57. The highest BCUT2D eigenvalue weighted by molar-refractivity contribution is 5.50. The summed E-state index contributed by atoms with van der Waals surface area (Å²) in [6.45, 7) is 5.49. The van der Waals surface area contributed by atoms with Gasteiger partial charge in [0.15, 0.2) is 5.75 Å². The Morgan fingerprint density at radius 3 is 2.62 bits per heavy atom. The molecular formula is C14H17N3O4. The van der Waals surface area contributed by atoms with E-state index < -0.39 is 11.0 Å². The molecule has 1 aromatic heterocycles. The zero-order chi connectivity index (χ0) is 15.6. The maximum Gasteiger partial charge on any atom is 0.311 e. The maximum absolute atomic E-state index is 11.1. The van der Waals surface area contributed by atoms with Crippen LogP contribution >= 0.6 is 0 Å². The molecule has 1 aromatic carbocycles. The highest BCUT2D eigenvalue weighted by atomic mass is 16.6. The van der Waals surface area contributed by atoms with Gasteiger partial charge in [0.1, 0.15) is 0 Å². The van der Waals surface area contributed by atoms with Crippen LogP contribution in [0.3, 0.4) is 0 Å². The van der Waals surface area contributed by atoms with Crippen molar-refractivity contribution in [1.82, 2.24) is 9.78 Å². The van der Waals surface area contributed by atoms with Crippen LogP contribution in [0.2, 0.25) is 0 Å². The molecule has 0 radical (unpaired) electrons. The van der Waals surface area contributed by atoms with Gasteiger partial charge in [-0.05, 0) is 32.4 Å². The summed E-state index contributed by atoms with van der Waals surface area (Å²) in [5.74, 6) is 0.546. The molecule has 0 aliphatic heterocycles. The van der Waals surface area contributed by atoms with Crippen LogP contribution in [0.1, 0.15) is 38.5 Å². The summed E-state index contributed by atoms with van der Waals surface area (Å²) in [5, 5.41) is 24.7. The van der Waals surface area contributed by atoms with E-state index in [1.54, 1.807) is 23.9 Å². The smallest absolute Gasteiger partial charge is 0.311 e. The van der Waals surface area contributed by atoms with E-state index in [0.717, 1.165) is 0 Å². The predicted molar refractivity (Wildman–Crippen MR) is 76.4 cm³/mol. The van der Waals surface area contributed by atoms with E-state index in [9.17, 15) is 15.2 Å². The third-order valence-corrected chi connectivity index (χ3v) is 3.00. The number of nitro benzene ring substituents is 1. The van der Waals surface area contributed by atoms with Gasteiger partial charge in [-0.2, -0.15) is 5.10 Å². The molecule has 1 unspecified atom stereocenters. The molecule has 0 aliphatic rings. The van der Waals surface area contributed by atoms with E-state index in [1.807, 2.05) is 13.8 Å². The topological polar surface area (TPSA) is 90.4 Å². The van der Waals surface area contributed by atoms with Crippen molar-refractivity contribution in [1.29, 1.82) is 0 Å². The van der Waals surface area contributed by atoms with Crippen LogP contribution < -0.4 is 4.74 Å². The lowest BCUT2D eigenvalue weighted by Crippen LogP contribution is -2.00. The number of aliphatic hydroxyl groups excluding tert-OH is 1.